The van der Waals surface area contributed by atoms with Crippen LogP contribution in [0.4, 0.5) is 13.2 Å². The average molecular weight is 357 g/mol. The zero-order valence-corrected chi connectivity index (χ0v) is 14.2. The SMILES string of the molecule is CN(C)CCCNC(=O)c1csc(-c2cccc(C(F)(F)F)c2)n1. The normalized spacial score (nSPS) is 11.8. The predicted molar refractivity (Wildman–Crippen MR) is 88.1 cm³/mol. The van der Waals surface area contributed by atoms with Crippen LogP contribution in [0.3, 0.4) is 0 Å². The number of carbonyl (C=O) groups is 1. The molecule has 0 aliphatic heterocycles. The van der Waals surface area contributed by atoms with Gasteiger partial charge in [-0.2, -0.15) is 13.2 Å². The predicted octanol–water partition coefficient (Wildman–Crippen LogP) is 3.51. The zero-order valence-electron chi connectivity index (χ0n) is 13.4. The third kappa shape index (κ3) is 5.04. The number of carbonyl (C=O) groups excluding carboxylic acids is 1. The van der Waals surface area contributed by atoms with Crippen molar-refractivity contribution in [3.63, 3.8) is 0 Å². The van der Waals surface area contributed by atoms with E-state index in [-0.39, 0.29) is 11.6 Å². The summed E-state index contributed by atoms with van der Waals surface area (Å²) < 4.78 is 38.3. The first-order chi connectivity index (χ1) is 11.3. The van der Waals surface area contributed by atoms with Gasteiger partial charge in [0.1, 0.15) is 10.7 Å². The lowest BCUT2D eigenvalue weighted by Crippen LogP contribution is -2.27. The number of nitrogens with one attached hydrogen (secondary N) is 1. The smallest absolute Gasteiger partial charge is 0.351 e. The van der Waals surface area contributed by atoms with Gasteiger partial charge >= 0.3 is 6.18 Å². The standard InChI is InChI=1S/C16H18F3N3OS/c1-22(2)8-4-7-20-14(23)13-10-24-15(21-13)11-5-3-6-12(9-11)16(17,18)19/h3,5-6,9-10H,4,7-8H2,1-2H3,(H,20,23). The summed E-state index contributed by atoms with van der Waals surface area (Å²) >= 11 is 1.15. The lowest BCUT2D eigenvalue weighted by Gasteiger charge is -2.09. The maximum Gasteiger partial charge on any atom is 0.416 e. The second-order valence-corrected chi connectivity index (χ2v) is 6.39. The van der Waals surface area contributed by atoms with Crippen LogP contribution in [0.15, 0.2) is 29.6 Å². The van der Waals surface area contributed by atoms with Gasteiger partial charge in [-0.25, -0.2) is 4.98 Å². The molecule has 0 atom stereocenters. The maximum absolute atomic E-state index is 12.8. The number of halogens is 3. The molecule has 1 N–H and O–H groups in total. The molecular weight excluding hydrogens is 339 g/mol. The van der Waals surface area contributed by atoms with E-state index in [9.17, 15) is 18.0 Å². The summed E-state index contributed by atoms with van der Waals surface area (Å²) in [5.41, 5.74) is -0.163. The number of aromatic nitrogens is 1. The van der Waals surface area contributed by atoms with Gasteiger partial charge in [-0.3, -0.25) is 4.79 Å². The van der Waals surface area contributed by atoms with Crippen LogP contribution >= 0.6 is 11.3 Å². The van der Waals surface area contributed by atoms with E-state index >= 15 is 0 Å². The van der Waals surface area contributed by atoms with Crippen molar-refractivity contribution in [2.45, 2.75) is 12.6 Å². The lowest BCUT2D eigenvalue weighted by atomic mass is 10.1. The van der Waals surface area contributed by atoms with Crippen LogP contribution in [0.1, 0.15) is 22.5 Å². The minimum absolute atomic E-state index is 0.220. The Labute approximate surface area is 142 Å². The van der Waals surface area contributed by atoms with E-state index < -0.39 is 11.7 Å². The number of rotatable bonds is 6. The second-order valence-electron chi connectivity index (χ2n) is 5.53. The van der Waals surface area contributed by atoms with Gasteiger partial charge in [0, 0.05) is 17.5 Å². The van der Waals surface area contributed by atoms with Crippen molar-refractivity contribution < 1.29 is 18.0 Å². The molecule has 4 nitrogen and oxygen atoms in total. The molecule has 0 aliphatic carbocycles. The molecule has 0 aliphatic rings. The lowest BCUT2D eigenvalue weighted by molar-refractivity contribution is -0.137. The fourth-order valence-electron chi connectivity index (χ4n) is 2.03. The number of benzene rings is 1. The third-order valence-electron chi connectivity index (χ3n) is 3.24. The Bertz CT molecular complexity index is 698. The van der Waals surface area contributed by atoms with Gasteiger partial charge in [-0.05, 0) is 39.2 Å². The van der Waals surface area contributed by atoms with Crippen LogP contribution in [0.5, 0.6) is 0 Å². The summed E-state index contributed by atoms with van der Waals surface area (Å²) in [6.07, 6.45) is -3.59. The van der Waals surface area contributed by atoms with Crippen LogP contribution in [-0.2, 0) is 6.18 Å². The summed E-state index contributed by atoms with van der Waals surface area (Å²) in [6.45, 7) is 1.38. The van der Waals surface area contributed by atoms with Crippen LogP contribution < -0.4 is 5.32 Å². The van der Waals surface area contributed by atoms with E-state index in [4.69, 9.17) is 0 Å². The molecule has 0 unspecified atom stereocenters. The molecule has 0 spiro atoms. The van der Waals surface area contributed by atoms with E-state index in [1.807, 2.05) is 19.0 Å². The molecule has 0 bridgehead atoms. The van der Waals surface area contributed by atoms with E-state index in [1.165, 1.54) is 6.07 Å². The molecule has 1 aromatic heterocycles. The van der Waals surface area contributed by atoms with Gasteiger partial charge < -0.3 is 10.2 Å². The third-order valence-corrected chi connectivity index (χ3v) is 4.13. The number of nitrogens with zero attached hydrogens (tertiary/aromatic N) is 2. The number of alkyl halides is 3. The molecule has 0 saturated heterocycles. The number of hydrogen-bond acceptors (Lipinski definition) is 4. The van der Waals surface area contributed by atoms with Gasteiger partial charge in [0.05, 0.1) is 5.56 Å². The van der Waals surface area contributed by atoms with Crippen LogP contribution in [0.25, 0.3) is 10.6 Å². The molecule has 0 radical (unpaired) electrons. The van der Waals surface area contributed by atoms with Gasteiger partial charge in [-0.1, -0.05) is 12.1 Å². The molecule has 2 rings (SSSR count). The van der Waals surface area contributed by atoms with Gasteiger partial charge in [-0.15, -0.1) is 11.3 Å². The molecular formula is C16H18F3N3OS. The van der Waals surface area contributed by atoms with E-state index in [1.54, 1.807) is 11.4 Å². The van der Waals surface area contributed by atoms with Crippen molar-refractivity contribution in [3.05, 3.63) is 40.9 Å². The highest BCUT2D eigenvalue weighted by atomic mass is 32.1. The summed E-state index contributed by atoms with van der Waals surface area (Å²) in [5.74, 6) is -0.316. The van der Waals surface area contributed by atoms with E-state index in [0.29, 0.717) is 17.1 Å². The fourth-order valence-corrected chi connectivity index (χ4v) is 2.82. The highest BCUT2D eigenvalue weighted by Crippen LogP contribution is 2.33. The largest absolute Gasteiger partial charge is 0.416 e. The average Bonchev–Trinajstić information content (AvgIpc) is 3.00. The minimum Gasteiger partial charge on any atom is -0.351 e. The molecule has 130 valence electrons. The van der Waals surface area contributed by atoms with Crippen molar-refractivity contribution in [2.24, 2.45) is 0 Å². The van der Waals surface area contributed by atoms with Gasteiger partial charge in [0.25, 0.3) is 5.91 Å². The first-order valence-electron chi connectivity index (χ1n) is 7.33. The molecule has 2 aromatic rings. The van der Waals surface area contributed by atoms with Crippen molar-refractivity contribution in [1.82, 2.24) is 15.2 Å². The van der Waals surface area contributed by atoms with Crippen molar-refractivity contribution in [2.75, 3.05) is 27.2 Å². The highest BCUT2D eigenvalue weighted by molar-refractivity contribution is 7.13. The first-order valence-corrected chi connectivity index (χ1v) is 8.21. The summed E-state index contributed by atoms with van der Waals surface area (Å²) in [5, 5.41) is 4.69. The maximum atomic E-state index is 12.8. The molecule has 24 heavy (non-hydrogen) atoms. The minimum atomic E-state index is -4.40. The number of thiazole rings is 1. The Hall–Kier alpha value is -1.93. The van der Waals surface area contributed by atoms with Gasteiger partial charge in [0.2, 0.25) is 0 Å². The summed E-state index contributed by atoms with van der Waals surface area (Å²) in [6, 6.07) is 4.93. The van der Waals surface area contributed by atoms with Gasteiger partial charge in [0.15, 0.2) is 0 Å². The Morgan fingerprint density at radius 1 is 1.33 bits per heavy atom. The Morgan fingerprint density at radius 2 is 2.08 bits per heavy atom. The Morgan fingerprint density at radius 3 is 2.75 bits per heavy atom. The first kappa shape index (κ1) is 18.4. The zero-order chi connectivity index (χ0) is 17.7. The highest BCUT2D eigenvalue weighted by Gasteiger charge is 2.30. The Kier molecular flexibility index (Phi) is 5.95. The van der Waals surface area contributed by atoms with Crippen LogP contribution in [-0.4, -0.2) is 43.0 Å². The van der Waals surface area contributed by atoms with Crippen LogP contribution in [0.2, 0.25) is 0 Å². The monoisotopic (exact) mass is 357 g/mol. The molecule has 0 saturated carbocycles. The van der Waals surface area contributed by atoms with E-state index in [2.05, 4.69) is 10.3 Å². The molecule has 1 aromatic carbocycles. The van der Waals surface area contributed by atoms with Crippen molar-refractivity contribution in [1.29, 1.82) is 0 Å². The van der Waals surface area contributed by atoms with Crippen LogP contribution in [0, 0.1) is 0 Å². The molecule has 0 fully saturated rings. The topological polar surface area (TPSA) is 45.2 Å². The number of amides is 1. The van der Waals surface area contributed by atoms with Crippen molar-refractivity contribution >= 4 is 17.2 Å². The Balaban J connectivity index is 2.04. The quantitative estimate of drug-likeness (QED) is 0.805. The molecule has 1 amide bonds. The van der Waals surface area contributed by atoms with E-state index in [0.717, 1.165) is 36.4 Å². The summed E-state index contributed by atoms with van der Waals surface area (Å²) in [7, 11) is 3.90. The number of hydrogen-bond donors (Lipinski definition) is 1. The molecule has 8 heteroatoms. The second kappa shape index (κ2) is 7.76. The fraction of sp³-hybridized carbons (Fsp3) is 0.375. The molecule has 1 heterocycles. The summed E-state index contributed by atoms with van der Waals surface area (Å²) in [4.78, 5) is 18.2. The van der Waals surface area contributed by atoms with Crippen molar-refractivity contribution in [3.8, 4) is 10.6 Å².